The largest absolute Gasteiger partial charge is 0.359 e. The van der Waals surface area contributed by atoms with Gasteiger partial charge in [0.1, 0.15) is 0 Å². The van der Waals surface area contributed by atoms with Crippen LogP contribution in [0.2, 0.25) is 0 Å². The molecule has 0 saturated heterocycles. The Balaban J connectivity index is 1.68. The Bertz CT molecular complexity index is 389. The van der Waals surface area contributed by atoms with Crippen LogP contribution in [0.25, 0.3) is 0 Å². The van der Waals surface area contributed by atoms with Crippen molar-refractivity contribution in [3.63, 3.8) is 0 Å². The van der Waals surface area contributed by atoms with E-state index in [0.717, 1.165) is 38.6 Å². The average molecular weight is 246 g/mol. The van der Waals surface area contributed by atoms with Crippen LogP contribution < -0.4 is 10.6 Å². The number of rotatable bonds is 4. The molecule has 1 aromatic carbocycles. The summed E-state index contributed by atoms with van der Waals surface area (Å²) < 4.78 is 0. The van der Waals surface area contributed by atoms with Gasteiger partial charge < -0.3 is 10.6 Å². The van der Waals surface area contributed by atoms with Gasteiger partial charge in [0, 0.05) is 40.3 Å². The number of guanidine groups is 1. The van der Waals surface area contributed by atoms with E-state index in [0.29, 0.717) is 0 Å². The highest BCUT2D eigenvalue weighted by Gasteiger charge is 2.16. The van der Waals surface area contributed by atoms with Crippen LogP contribution in [-0.4, -0.2) is 38.0 Å². The Labute approximate surface area is 109 Å². The van der Waals surface area contributed by atoms with Crippen LogP contribution in [-0.2, 0) is 13.1 Å². The topological polar surface area (TPSA) is 39.7 Å². The second-order valence-electron chi connectivity index (χ2n) is 4.58. The van der Waals surface area contributed by atoms with E-state index in [1.165, 1.54) is 11.1 Å². The van der Waals surface area contributed by atoms with Gasteiger partial charge in [-0.05, 0) is 17.5 Å². The standard InChI is InChI=1S/C14H22N4/c1-15-14(16-2)17-8-5-9-18-10-12-6-3-4-7-13(12)11-18/h3-4,6-7H,5,8-11H2,1-2H3,(H2,15,16,17). The third kappa shape index (κ3) is 3.23. The molecule has 2 N–H and O–H groups in total. The summed E-state index contributed by atoms with van der Waals surface area (Å²) in [5.74, 6) is 0.861. The number of aliphatic imine (C=N–C) groups is 1. The maximum atomic E-state index is 4.09. The minimum atomic E-state index is 0.861. The molecule has 0 atom stereocenters. The molecule has 4 nitrogen and oxygen atoms in total. The van der Waals surface area contributed by atoms with Gasteiger partial charge in [-0.2, -0.15) is 0 Å². The summed E-state index contributed by atoms with van der Waals surface area (Å²) in [7, 11) is 3.67. The number of fused-ring (bicyclic) bond motifs is 1. The van der Waals surface area contributed by atoms with Gasteiger partial charge in [0.25, 0.3) is 0 Å². The third-order valence-corrected chi connectivity index (χ3v) is 3.31. The Hall–Kier alpha value is -1.55. The smallest absolute Gasteiger partial charge is 0.190 e. The van der Waals surface area contributed by atoms with Crippen molar-refractivity contribution in [3.8, 4) is 0 Å². The second-order valence-corrected chi connectivity index (χ2v) is 4.58. The van der Waals surface area contributed by atoms with E-state index in [9.17, 15) is 0 Å². The summed E-state index contributed by atoms with van der Waals surface area (Å²) >= 11 is 0. The van der Waals surface area contributed by atoms with Crippen molar-refractivity contribution >= 4 is 5.96 Å². The summed E-state index contributed by atoms with van der Waals surface area (Å²) in [4.78, 5) is 6.58. The van der Waals surface area contributed by atoms with Crippen molar-refractivity contribution in [2.45, 2.75) is 19.5 Å². The zero-order valence-corrected chi connectivity index (χ0v) is 11.2. The van der Waals surface area contributed by atoms with Gasteiger partial charge in [0.15, 0.2) is 5.96 Å². The molecule has 18 heavy (non-hydrogen) atoms. The van der Waals surface area contributed by atoms with E-state index >= 15 is 0 Å². The predicted molar refractivity (Wildman–Crippen MR) is 75.6 cm³/mol. The molecule has 0 spiro atoms. The Morgan fingerprint density at radius 1 is 1.28 bits per heavy atom. The SMILES string of the molecule is CN=C(NC)NCCCN1Cc2ccccc2C1. The van der Waals surface area contributed by atoms with Crippen LogP contribution in [0, 0.1) is 0 Å². The second kappa shape index (κ2) is 6.40. The lowest BCUT2D eigenvalue weighted by atomic mass is 10.1. The summed E-state index contributed by atoms with van der Waals surface area (Å²) in [6.45, 7) is 4.27. The maximum Gasteiger partial charge on any atom is 0.190 e. The van der Waals surface area contributed by atoms with Crippen molar-refractivity contribution in [1.82, 2.24) is 15.5 Å². The summed E-state index contributed by atoms with van der Waals surface area (Å²) in [6, 6.07) is 8.72. The number of benzene rings is 1. The van der Waals surface area contributed by atoms with Crippen LogP contribution in [0.5, 0.6) is 0 Å². The van der Waals surface area contributed by atoms with Crippen molar-refractivity contribution in [1.29, 1.82) is 0 Å². The monoisotopic (exact) mass is 246 g/mol. The number of nitrogens with zero attached hydrogens (tertiary/aromatic N) is 2. The molecule has 1 aliphatic heterocycles. The molecular weight excluding hydrogens is 224 g/mol. The van der Waals surface area contributed by atoms with Crippen molar-refractivity contribution in [3.05, 3.63) is 35.4 Å². The quantitative estimate of drug-likeness (QED) is 0.476. The predicted octanol–water partition coefficient (Wildman–Crippen LogP) is 1.19. The molecule has 0 aromatic heterocycles. The van der Waals surface area contributed by atoms with E-state index in [1.54, 1.807) is 7.05 Å². The van der Waals surface area contributed by atoms with E-state index < -0.39 is 0 Å². The first-order chi connectivity index (χ1) is 8.83. The lowest BCUT2D eigenvalue weighted by Gasteiger charge is -2.15. The summed E-state index contributed by atoms with van der Waals surface area (Å²) in [5.41, 5.74) is 2.97. The molecule has 0 unspecified atom stereocenters. The van der Waals surface area contributed by atoms with Crippen LogP contribution in [0.4, 0.5) is 0 Å². The number of hydrogen-bond donors (Lipinski definition) is 2. The zero-order chi connectivity index (χ0) is 12.8. The molecule has 0 aliphatic carbocycles. The molecule has 4 heteroatoms. The van der Waals surface area contributed by atoms with Gasteiger partial charge in [-0.25, -0.2) is 0 Å². The first-order valence-corrected chi connectivity index (χ1v) is 6.51. The van der Waals surface area contributed by atoms with Gasteiger partial charge in [0.05, 0.1) is 0 Å². The molecule has 0 saturated carbocycles. The highest BCUT2D eigenvalue weighted by Crippen LogP contribution is 2.21. The third-order valence-electron chi connectivity index (χ3n) is 3.31. The maximum absolute atomic E-state index is 4.09. The van der Waals surface area contributed by atoms with Gasteiger partial charge in [-0.3, -0.25) is 9.89 Å². The van der Waals surface area contributed by atoms with E-state index in [1.807, 2.05) is 7.05 Å². The zero-order valence-electron chi connectivity index (χ0n) is 11.2. The number of nitrogens with one attached hydrogen (secondary N) is 2. The van der Waals surface area contributed by atoms with Crippen molar-refractivity contribution < 1.29 is 0 Å². The molecule has 1 aromatic rings. The van der Waals surface area contributed by atoms with Crippen molar-refractivity contribution in [2.75, 3.05) is 27.2 Å². The molecule has 0 bridgehead atoms. The van der Waals surface area contributed by atoms with E-state index in [4.69, 9.17) is 0 Å². The number of hydrogen-bond acceptors (Lipinski definition) is 2. The summed E-state index contributed by atoms with van der Waals surface area (Å²) in [6.07, 6.45) is 1.13. The van der Waals surface area contributed by atoms with E-state index in [2.05, 4.69) is 44.8 Å². The van der Waals surface area contributed by atoms with Gasteiger partial charge >= 0.3 is 0 Å². The van der Waals surface area contributed by atoms with Crippen LogP contribution in [0.3, 0.4) is 0 Å². The molecule has 1 aliphatic rings. The molecule has 0 fully saturated rings. The van der Waals surface area contributed by atoms with Crippen molar-refractivity contribution in [2.24, 2.45) is 4.99 Å². The molecule has 98 valence electrons. The first kappa shape index (κ1) is 12.9. The Morgan fingerprint density at radius 2 is 1.94 bits per heavy atom. The summed E-state index contributed by atoms with van der Waals surface area (Å²) in [5, 5.41) is 6.30. The van der Waals surface area contributed by atoms with Crippen LogP contribution in [0.15, 0.2) is 29.3 Å². The fraction of sp³-hybridized carbons (Fsp3) is 0.500. The van der Waals surface area contributed by atoms with Gasteiger partial charge in [-0.15, -0.1) is 0 Å². The van der Waals surface area contributed by atoms with E-state index in [-0.39, 0.29) is 0 Å². The molecule has 0 radical (unpaired) electrons. The van der Waals surface area contributed by atoms with Gasteiger partial charge in [-0.1, -0.05) is 24.3 Å². The van der Waals surface area contributed by atoms with Crippen LogP contribution >= 0.6 is 0 Å². The molecule has 2 rings (SSSR count). The minimum absolute atomic E-state index is 0.861. The highest BCUT2D eigenvalue weighted by atomic mass is 15.2. The Morgan fingerprint density at radius 3 is 2.50 bits per heavy atom. The average Bonchev–Trinajstić information content (AvgIpc) is 2.81. The Kier molecular flexibility index (Phi) is 4.59. The van der Waals surface area contributed by atoms with Gasteiger partial charge in [0.2, 0.25) is 0 Å². The molecule has 1 heterocycles. The molecular formula is C14H22N4. The lowest BCUT2D eigenvalue weighted by molar-refractivity contribution is 0.281. The highest BCUT2D eigenvalue weighted by molar-refractivity contribution is 5.79. The fourth-order valence-corrected chi connectivity index (χ4v) is 2.35. The van der Waals surface area contributed by atoms with Crippen LogP contribution in [0.1, 0.15) is 17.5 Å². The minimum Gasteiger partial charge on any atom is -0.359 e. The normalized spacial score (nSPS) is 15.6. The fourth-order valence-electron chi connectivity index (χ4n) is 2.35. The molecule has 0 amide bonds. The first-order valence-electron chi connectivity index (χ1n) is 6.51. The lowest BCUT2D eigenvalue weighted by Crippen LogP contribution is -2.36.